The van der Waals surface area contributed by atoms with Crippen LogP contribution in [-0.4, -0.2) is 56.2 Å². The highest BCUT2D eigenvalue weighted by molar-refractivity contribution is 7.14. The lowest BCUT2D eigenvalue weighted by atomic mass is 10.2. The number of aromatic nitrogens is 1. The van der Waals surface area contributed by atoms with Crippen LogP contribution in [0.5, 0.6) is 11.5 Å². The van der Waals surface area contributed by atoms with Gasteiger partial charge in [0.05, 0.1) is 19.9 Å². The van der Waals surface area contributed by atoms with Crippen molar-refractivity contribution in [3.05, 3.63) is 52.0 Å². The van der Waals surface area contributed by atoms with Gasteiger partial charge in [-0.05, 0) is 35.2 Å². The number of nitrogens with zero attached hydrogens (tertiary/aromatic N) is 3. The molecular formula is C22H23N3O3S2. The molecule has 1 saturated heterocycles. The second kappa shape index (κ2) is 9.32. The molecule has 8 heteroatoms. The average molecular weight is 442 g/mol. The highest BCUT2D eigenvalue weighted by Crippen LogP contribution is 2.30. The number of benzene rings is 1. The van der Waals surface area contributed by atoms with E-state index in [0.29, 0.717) is 24.6 Å². The number of piperazine rings is 1. The maximum atomic E-state index is 12.6. The van der Waals surface area contributed by atoms with E-state index in [2.05, 4.69) is 27.1 Å². The zero-order chi connectivity index (χ0) is 20.9. The summed E-state index contributed by atoms with van der Waals surface area (Å²) in [7, 11) is 3.20. The van der Waals surface area contributed by atoms with E-state index in [1.54, 1.807) is 43.0 Å². The Hall–Kier alpha value is -2.84. The Morgan fingerprint density at radius 2 is 1.87 bits per heavy atom. The molecule has 1 amide bonds. The van der Waals surface area contributed by atoms with Gasteiger partial charge in [-0.15, -0.1) is 11.3 Å². The number of methoxy groups -OCH3 is 2. The molecule has 0 bridgehead atoms. The number of amides is 1. The first kappa shape index (κ1) is 20.4. The van der Waals surface area contributed by atoms with E-state index in [4.69, 9.17) is 14.5 Å². The normalized spacial score (nSPS) is 14.3. The SMILES string of the molecule is COc1ccc(/C=C/C(=O)N2CCN(c3nc(-c4ccsc4)cs3)CC2)cc1OC. The fourth-order valence-corrected chi connectivity index (χ4v) is 4.84. The summed E-state index contributed by atoms with van der Waals surface area (Å²) < 4.78 is 10.6. The number of rotatable bonds is 6. The molecule has 2 aromatic heterocycles. The number of anilines is 1. The Kier molecular flexibility index (Phi) is 6.35. The topological polar surface area (TPSA) is 54.9 Å². The largest absolute Gasteiger partial charge is 0.493 e. The molecule has 3 aromatic rings. The maximum Gasteiger partial charge on any atom is 0.246 e. The van der Waals surface area contributed by atoms with Gasteiger partial charge in [0.2, 0.25) is 5.91 Å². The third-order valence-corrected chi connectivity index (χ3v) is 6.58. The Bertz CT molecular complexity index is 1020. The lowest BCUT2D eigenvalue weighted by molar-refractivity contribution is -0.126. The summed E-state index contributed by atoms with van der Waals surface area (Å²) in [5, 5.41) is 7.29. The molecule has 0 atom stereocenters. The van der Waals surface area contributed by atoms with Crippen molar-refractivity contribution >= 4 is 39.8 Å². The zero-order valence-corrected chi connectivity index (χ0v) is 18.5. The highest BCUT2D eigenvalue weighted by atomic mass is 32.1. The van der Waals surface area contributed by atoms with Crippen LogP contribution < -0.4 is 14.4 Å². The molecule has 3 heterocycles. The lowest BCUT2D eigenvalue weighted by Gasteiger charge is -2.34. The predicted molar refractivity (Wildman–Crippen MR) is 123 cm³/mol. The number of thiophene rings is 1. The number of carbonyl (C=O) groups excluding carboxylic acids is 1. The molecule has 0 unspecified atom stereocenters. The number of ether oxygens (including phenoxy) is 2. The van der Waals surface area contributed by atoms with Crippen LogP contribution in [0.25, 0.3) is 17.3 Å². The molecule has 1 aliphatic heterocycles. The second-order valence-electron chi connectivity index (χ2n) is 6.79. The number of thiazole rings is 1. The van der Waals surface area contributed by atoms with E-state index >= 15 is 0 Å². The van der Waals surface area contributed by atoms with Gasteiger partial charge >= 0.3 is 0 Å². The fraction of sp³-hybridized carbons (Fsp3) is 0.273. The van der Waals surface area contributed by atoms with Crippen LogP contribution in [0.15, 0.2) is 46.5 Å². The van der Waals surface area contributed by atoms with Crippen molar-refractivity contribution in [2.75, 3.05) is 45.3 Å². The molecular weight excluding hydrogens is 418 g/mol. The van der Waals surface area contributed by atoms with Crippen molar-refractivity contribution in [2.45, 2.75) is 0 Å². The van der Waals surface area contributed by atoms with Crippen LogP contribution >= 0.6 is 22.7 Å². The first-order chi connectivity index (χ1) is 14.7. The Labute approximate surface area is 184 Å². The molecule has 1 aromatic carbocycles. The standard InChI is InChI=1S/C22H23N3O3S2/c1-27-19-5-3-16(13-20(19)28-2)4-6-21(26)24-8-10-25(11-9-24)22-23-18(15-30-22)17-7-12-29-14-17/h3-7,12-15H,8-11H2,1-2H3/b6-4+. The molecule has 0 N–H and O–H groups in total. The smallest absolute Gasteiger partial charge is 0.246 e. The third-order valence-electron chi connectivity index (χ3n) is 5.00. The monoisotopic (exact) mass is 441 g/mol. The van der Waals surface area contributed by atoms with Crippen molar-refractivity contribution in [1.82, 2.24) is 9.88 Å². The molecule has 4 rings (SSSR count). The molecule has 156 valence electrons. The van der Waals surface area contributed by atoms with Crippen molar-refractivity contribution in [1.29, 1.82) is 0 Å². The van der Waals surface area contributed by atoms with Crippen molar-refractivity contribution in [3.63, 3.8) is 0 Å². The van der Waals surface area contributed by atoms with Gasteiger partial charge < -0.3 is 19.3 Å². The summed E-state index contributed by atoms with van der Waals surface area (Å²) in [6.07, 6.45) is 3.43. The summed E-state index contributed by atoms with van der Waals surface area (Å²) in [5.74, 6) is 1.33. The highest BCUT2D eigenvalue weighted by Gasteiger charge is 2.22. The molecule has 30 heavy (non-hydrogen) atoms. The van der Waals surface area contributed by atoms with Gasteiger partial charge in [0.15, 0.2) is 16.6 Å². The maximum absolute atomic E-state index is 12.6. The minimum atomic E-state index is 0.0162. The molecule has 1 aliphatic rings. The first-order valence-electron chi connectivity index (χ1n) is 9.60. The molecule has 0 aliphatic carbocycles. The number of hydrogen-bond donors (Lipinski definition) is 0. The van der Waals surface area contributed by atoms with Crippen LogP contribution in [-0.2, 0) is 4.79 Å². The van der Waals surface area contributed by atoms with Gasteiger partial charge in [-0.3, -0.25) is 4.79 Å². The fourth-order valence-electron chi connectivity index (χ4n) is 3.30. The molecule has 0 radical (unpaired) electrons. The quantitative estimate of drug-likeness (QED) is 0.535. The third kappa shape index (κ3) is 4.49. The molecule has 6 nitrogen and oxygen atoms in total. The van der Waals surface area contributed by atoms with E-state index in [1.807, 2.05) is 29.2 Å². The van der Waals surface area contributed by atoms with E-state index in [0.717, 1.165) is 35.0 Å². The van der Waals surface area contributed by atoms with Gasteiger partial charge in [0.1, 0.15) is 0 Å². The van der Waals surface area contributed by atoms with Crippen molar-refractivity contribution in [2.24, 2.45) is 0 Å². The van der Waals surface area contributed by atoms with Gasteiger partial charge in [-0.25, -0.2) is 4.98 Å². The lowest BCUT2D eigenvalue weighted by Crippen LogP contribution is -2.48. The summed E-state index contributed by atoms with van der Waals surface area (Å²) in [5.41, 5.74) is 3.08. The van der Waals surface area contributed by atoms with Crippen LogP contribution in [0.1, 0.15) is 5.56 Å². The van der Waals surface area contributed by atoms with E-state index in [9.17, 15) is 4.79 Å². The molecule has 1 fully saturated rings. The van der Waals surface area contributed by atoms with Crippen LogP contribution in [0.3, 0.4) is 0 Å². The zero-order valence-electron chi connectivity index (χ0n) is 16.9. The minimum absolute atomic E-state index is 0.0162. The average Bonchev–Trinajstić information content (AvgIpc) is 3.49. The Balaban J connectivity index is 1.34. The van der Waals surface area contributed by atoms with Gasteiger partial charge in [0.25, 0.3) is 0 Å². The molecule has 0 spiro atoms. The summed E-state index contributed by atoms with van der Waals surface area (Å²) >= 11 is 3.33. The first-order valence-corrected chi connectivity index (χ1v) is 11.4. The summed E-state index contributed by atoms with van der Waals surface area (Å²) in [4.78, 5) is 21.5. The van der Waals surface area contributed by atoms with Crippen LogP contribution in [0, 0.1) is 0 Å². The number of hydrogen-bond acceptors (Lipinski definition) is 7. The summed E-state index contributed by atoms with van der Waals surface area (Å²) in [6, 6.07) is 7.68. The second-order valence-corrected chi connectivity index (χ2v) is 8.40. The van der Waals surface area contributed by atoms with Gasteiger partial charge in [0, 0.05) is 48.6 Å². The van der Waals surface area contributed by atoms with Crippen molar-refractivity contribution < 1.29 is 14.3 Å². The van der Waals surface area contributed by atoms with Gasteiger partial charge in [-0.2, -0.15) is 11.3 Å². The summed E-state index contributed by atoms with van der Waals surface area (Å²) in [6.45, 7) is 2.93. The minimum Gasteiger partial charge on any atom is -0.493 e. The molecule has 0 saturated carbocycles. The van der Waals surface area contributed by atoms with Crippen LogP contribution in [0.4, 0.5) is 5.13 Å². The van der Waals surface area contributed by atoms with Crippen molar-refractivity contribution in [3.8, 4) is 22.8 Å². The van der Waals surface area contributed by atoms with E-state index < -0.39 is 0 Å². The van der Waals surface area contributed by atoms with Crippen LogP contribution in [0.2, 0.25) is 0 Å². The Morgan fingerprint density at radius 1 is 1.07 bits per heavy atom. The predicted octanol–water partition coefficient (Wildman–Crippen LogP) is 4.25. The number of carbonyl (C=O) groups is 1. The van der Waals surface area contributed by atoms with E-state index in [1.165, 1.54) is 0 Å². The van der Waals surface area contributed by atoms with Gasteiger partial charge in [-0.1, -0.05) is 6.07 Å². The Morgan fingerprint density at radius 3 is 2.57 bits per heavy atom. The van der Waals surface area contributed by atoms with E-state index in [-0.39, 0.29) is 5.91 Å².